The number of nitro groups is 1. The first-order valence-corrected chi connectivity index (χ1v) is 7.43. The molecule has 1 atom stereocenters. The highest BCUT2D eigenvalue weighted by Crippen LogP contribution is 2.25. The van der Waals surface area contributed by atoms with E-state index in [1.165, 1.54) is 6.07 Å². The Bertz CT molecular complexity index is 769. The molecule has 120 valence electrons. The van der Waals surface area contributed by atoms with E-state index in [1.54, 1.807) is 19.1 Å². The fraction of sp³-hybridized carbons (Fsp3) is 0.278. The van der Waals surface area contributed by atoms with Gasteiger partial charge in [-0.3, -0.25) is 14.9 Å². The topological polar surface area (TPSA) is 72.2 Å². The van der Waals surface area contributed by atoms with Crippen molar-refractivity contribution >= 4 is 11.6 Å². The van der Waals surface area contributed by atoms with Gasteiger partial charge in [-0.05, 0) is 44.9 Å². The third-order valence-electron chi connectivity index (χ3n) is 3.91. The summed E-state index contributed by atoms with van der Waals surface area (Å²) >= 11 is 0. The zero-order valence-corrected chi connectivity index (χ0v) is 13.7. The fourth-order valence-electron chi connectivity index (χ4n) is 2.66. The van der Waals surface area contributed by atoms with E-state index in [4.69, 9.17) is 0 Å². The molecule has 1 amide bonds. The molecule has 1 unspecified atom stereocenters. The minimum atomic E-state index is -0.507. The van der Waals surface area contributed by atoms with Crippen LogP contribution in [0.1, 0.15) is 45.6 Å². The number of rotatable bonds is 4. The SMILES string of the molecule is Cc1ccc(C)c(C(C)NC(=O)c2cccc(C)c2[N+](=O)[O-])c1. The molecule has 23 heavy (non-hydrogen) atoms. The average Bonchev–Trinajstić information content (AvgIpc) is 2.48. The maximum Gasteiger partial charge on any atom is 0.285 e. The number of amides is 1. The molecule has 2 aromatic carbocycles. The van der Waals surface area contributed by atoms with E-state index in [-0.39, 0.29) is 17.3 Å². The second-order valence-electron chi connectivity index (χ2n) is 5.78. The Morgan fingerprint density at radius 2 is 1.83 bits per heavy atom. The zero-order valence-electron chi connectivity index (χ0n) is 13.7. The van der Waals surface area contributed by atoms with E-state index < -0.39 is 10.8 Å². The minimum Gasteiger partial charge on any atom is -0.345 e. The van der Waals surface area contributed by atoms with Gasteiger partial charge in [-0.15, -0.1) is 0 Å². The number of nitrogens with one attached hydrogen (secondary N) is 1. The Hall–Kier alpha value is -2.69. The lowest BCUT2D eigenvalue weighted by Crippen LogP contribution is -2.28. The molecule has 0 radical (unpaired) electrons. The van der Waals surface area contributed by atoms with Gasteiger partial charge >= 0.3 is 0 Å². The Kier molecular flexibility index (Phi) is 4.79. The van der Waals surface area contributed by atoms with E-state index >= 15 is 0 Å². The van der Waals surface area contributed by atoms with E-state index in [2.05, 4.69) is 5.32 Å². The predicted octanol–water partition coefficient (Wildman–Crippen LogP) is 4.01. The van der Waals surface area contributed by atoms with Gasteiger partial charge in [0.25, 0.3) is 11.6 Å². The molecule has 1 N–H and O–H groups in total. The van der Waals surface area contributed by atoms with Crippen molar-refractivity contribution in [1.82, 2.24) is 5.32 Å². The molecular formula is C18H20N2O3. The number of hydrogen-bond acceptors (Lipinski definition) is 3. The maximum absolute atomic E-state index is 12.5. The standard InChI is InChI=1S/C18H20N2O3/c1-11-8-9-12(2)16(10-11)14(4)19-18(21)15-7-5-6-13(3)17(15)20(22)23/h5-10,14H,1-4H3,(H,19,21). The molecule has 0 bridgehead atoms. The number of nitro benzene ring substituents is 1. The molecule has 0 aromatic heterocycles. The minimum absolute atomic E-state index is 0.0900. The van der Waals surface area contributed by atoms with E-state index in [0.29, 0.717) is 5.56 Å². The number of carbonyl (C=O) groups excluding carboxylic acids is 1. The van der Waals surface area contributed by atoms with Crippen LogP contribution in [0.5, 0.6) is 0 Å². The van der Waals surface area contributed by atoms with Gasteiger partial charge in [0.2, 0.25) is 0 Å². The largest absolute Gasteiger partial charge is 0.345 e. The molecular weight excluding hydrogens is 292 g/mol. The molecule has 0 aliphatic rings. The number of hydrogen-bond donors (Lipinski definition) is 1. The molecule has 0 saturated heterocycles. The normalized spacial score (nSPS) is 11.8. The van der Waals surface area contributed by atoms with Crippen molar-refractivity contribution in [2.45, 2.75) is 33.7 Å². The zero-order chi connectivity index (χ0) is 17.1. The smallest absolute Gasteiger partial charge is 0.285 e. The third kappa shape index (κ3) is 3.56. The van der Waals surface area contributed by atoms with Crippen molar-refractivity contribution in [2.75, 3.05) is 0 Å². The third-order valence-corrected chi connectivity index (χ3v) is 3.91. The summed E-state index contributed by atoms with van der Waals surface area (Å²) in [7, 11) is 0. The summed E-state index contributed by atoms with van der Waals surface area (Å²) in [6, 6.07) is 10.6. The summed E-state index contributed by atoms with van der Waals surface area (Å²) in [4.78, 5) is 23.2. The molecule has 0 spiro atoms. The van der Waals surface area contributed by atoms with Crippen LogP contribution in [0.3, 0.4) is 0 Å². The number of carbonyl (C=O) groups is 1. The van der Waals surface area contributed by atoms with Crippen LogP contribution in [-0.4, -0.2) is 10.8 Å². The molecule has 0 heterocycles. The molecule has 5 nitrogen and oxygen atoms in total. The molecule has 0 aliphatic carbocycles. The Morgan fingerprint density at radius 1 is 1.13 bits per heavy atom. The predicted molar refractivity (Wildman–Crippen MR) is 89.6 cm³/mol. The Balaban J connectivity index is 2.31. The number of nitrogens with zero attached hydrogens (tertiary/aromatic N) is 1. The fourth-order valence-corrected chi connectivity index (χ4v) is 2.66. The molecule has 2 aromatic rings. The van der Waals surface area contributed by atoms with Gasteiger partial charge in [0.15, 0.2) is 0 Å². The van der Waals surface area contributed by atoms with Crippen molar-refractivity contribution in [3.63, 3.8) is 0 Å². The van der Waals surface area contributed by atoms with Gasteiger partial charge in [0.1, 0.15) is 5.56 Å². The van der Waals surface area contributed by atoms with Crippen LogP contribution < -0.4 is 5.32 Å². The summed E-state index contributed by atoms with van der Waals surface area (Å²) in [5, 5.41) is 14.1. The highest BCUT2D eigenvalue weighted by Gasteiger charge is 2.23. The van der Waals surface area contributed by atoms with Crippen LogP contribution in [0.2, 0.25) is 0 Å². The van der Waals surface area contributed by atoms with Crippen molar-refractivity contribution in [1.29, 1.82) is 0 Å². The van der Waals surface area contributed by atoms with Gasteiger partial charge in [0, 0.05) is 5.56 Å². The average molecular weight is 312 g/mol. The first-order chi connectivity index (χ1) is 10.8. The summed E-state index contributed by atoms with van der Waals surface area (Å²) in [6.45, 7) is 7.47. The first kappa shape index (κ1) is 16.7. The maximum atomic E-state index is 12.5. The van der Waals surface area contributed by atoms with Crippen LogP contribution in [0.4, 0.5) is 5.69 Å². The van der Waals surface area contributed by atoms with Gasteiger partial charge in [0.05, 0.1) is 11.0 Å². The summed E-state index contributed by atoms with van der Waals surface area (Å²) in [5.41, 5.74) is 3.61. The highest BCUT2D eigenvalue weighted by molar-refractivity contribution is 5.98. The van der Waals surface area contributed by atoms with E-state index in [0.717, 1.165) is 16.7 Å². The Labute approximate surface area is 135 Å². The van der Waals surface area contributed by atoms with Crippen molar-refractivity contribution < 1.29 is 9.72 Å². The summed E-state index contributed by atoms with van der Waals surface area (Å²) in [6.07, 6.45) is 0. The van der Waals surface area contributed by atoms with Gasteiger partial charge in [-0.25, -0.2) is 0 Å². The van der Waals surface area contributed by atoms with E-state index in [9.17, 15) is 14.9 Å². The Morgan fingerprint density at radius 3 is 2.48 bits per heavy atom. The monoisotopic (exact) mass is 312 g/mol. The number of benzene rings is 2. The number of para-hydroxylation sites is 1. The summed E-state index contributed by atoms with van der Waals surface area (Å²) in [5.74, 6) is -0.436. The van der Waals surface area contributed by atoms with Gasteiger partial charge in [-0.1, -0.05) is 35.9 Å². The van der Waals surface area contributed by atoms with Crippen LogP contribution in [-0.2, 0) is 0 Å². The van der Waals surface area contributed by atoms with Gasteiger partial charge < -0.3 is 5.32 Å². The van der Waals surface area contributed by atoms with Gasteiger partial charge in [-0.2, -0.15) is 0 Å². The molecule has 0 aliphatic heterocycles. The molecule has 0 saturated carbocycles. The lowest BCUT2D eigenvalue weighted by Gasteiger charge is -2.17. The first-order valence-electron chi connectivity index (χ1n) is 7.43. The van der Waals surface area contributed by atoms with Crippen molar-refractivity contribution in [3.8, 4) is 0 Å². The second-order valence-corrected chi connectivity index (χ2v) is 5.78. The second kappa shape index (κ2) is 6.60. The van der Waals surface area contributed by atoms with Crippen LogP contribution in [0, 0.1) is 30.9 Å². The summed E-state index contributed by atoms with van der Waals surface area (Å²) < 4.78 is 0. The van der Waals surface area contributed by atoms with Crippen LogP contribution >= 0.6 is 0 Å². The quantitative estimate of drug-likeness (QED) is 0.685. The van der Waals surface area contributed by atoms with Crippen LogP contribution in [0.15, 0.2) is 36.4 Å². The molecule has 0 fully saturated rings. The molecule has 2 rings (SSSR count). The number of aryl methyl sites for hydroxylation is 3. The van der Waals surface area contributed by atoms with E-state index in [1.807, 2.05) is 39.0 Å². The lowest BCUT2D eigenvalue weighted by atomic mass is 9.99. The van der Waals surface area contributed by atoms with Crippen molar-refractivity contribution in [3.05, 3.63) is 74.3 Å². The van der Waals surface area contributed by atoms with Crippen LogP contribution in [0.25, 0.3) is 0 Å². The highest BCUT2D eigenvalue weighted by atomic mass is 16.6. The van der Waals surface area contributed by atoms with Crippen molar-refractivity contribution in [2.24, 2.45) is 0 Å². The molecule has 5 heteroatoms. The lowest BCUT2D eigenvalue weighted by molar-refractivity contribution is -0.385.